The Morgan fingerprint density at radius 3 is 2.23 bits per heavy atom. The fourth-order valence-corrected chi connectivity index (χ4v) is 3.45. The molecule has 1 aliphatic heterocycles. The smallest absolute Gasteiger partial charge is 0.115 e. The lowest BCUT2D eigenvalue weighted by atomic mass is 9.77. The number of hydrogen-bond acceptors (Lipinski definition) is 2. The number of allylic oxidation sites excluding steroid dienone is 1. The molecule has 1 heterocycles. The van der Waals surface area contributed by atoms with Crippen molar-refractivity contribution in [1.29, 1.82) is 0 Å². The van der Waals surface area contributed by atoms with Gasteiger partial charge in [-0.15, -0.1) is 0 Å². The van der Waals surface area contributed by atoms with E-state index in [1.807, 2.05) is 12.1 Å². The Bertz CT molecular complexity index is 670. The predicted molar refractivity (Wildman–Crippen MR) is 92.0 cm³/mol. The molecule has 0 radical (unpaired) electrons. The lowest BCUT2D eigenvalue weighted by Crippen LogP contribution is -2.47. The summed E-state index contributed by atoms with van der Waals surface area (Å²) in [6.07, 6.45) is 3.35. The Balaban J connectivity index is 2.00. The van der Waals surface area contributed by atoms with Gasteiger partial charge in [0.1, 0.15) is 5.75 Å². The van der Waals surface area contributed by atoms with Crippen molar-refractivity contribution in [2.24, 2.45) is 5.92 Å². The third kappa shape index (κ3) is 2.39. The highest BCUT2D eigenvalue weighted by molar-refractivity contribution is 5.61. The zero-order valence-electron chi connectivity index (χ0n) is 13.5. The van der Waals surface area contributed by atoms with Crippen molar-refractivity contribution in [1.82, 2.24) is 0 Å². The molecular formula is C20H23NO. The summed E-state index contributed by atoms with van der Waals surface area (Å²) in [5.74, 6) is 0.861. The first-order valence-corrected chi connectivity index (χ1v) is 7.96. The average molecular weight is 293 g/mol. The molecule has 3 rings (SSSR count). The van der Waals surface area contributed by atoms with Crippen molar-refractivity contribution >= 4 is 5.69 Å². The summed E-state index contributed by atoms with van der Waals surface area (Å²) in [5, 5.41) is 9.54. The van der Waals surface area contributed by atoms with E-state index in [1.54, 1.807) is 12.1 Å². The molecule has 0 bridgehead atoms. The Labute approximate surface area is 132 Å². The number of phenols is 1. The minimum absolute atomic E-state index is 0.323. The average Bonchev–Trinajstić information content (AvgIpc) is 2.51. The van der Waals surface area contributed by atoms with E-state index in [4.69, 9.17) is 0 Å². The van der Waals surface area contributed by atoms with E-state index in [2.05, 4.69) is 56.0 Å². The minimum atomic E-state index is 0.323. The molecule has 22 heavy (non-hydrogen) atoms. The van der Waals surface area contributed by atoms with Gasteiger partial charge >= 0.3 is 0 Å². The number of aryl methyl sites for hydroxylation is 1. The van der Waals surface area contributed by atoms with Crippen molar-refractivity contribution in [3.63, 3.8) is 0 Å². The van der Waals surface area contributed by atoms with Crippen molar-refractivity contribution in [2.45, 2.75) is 33.2 Å². The molecule has 1 N–H and O–H groups in total. The molecule has 2 heteroatoms. The maximum absolute atomic E-state index is 9.54. The topological polar surface area (TPSA) is 23.5 Å². The monoisotopic (exact) mass is 293 g/mol. The fourth-order valence-electron chi connectivity index (χ4n) is 3.45. The number of aromatic hydroxyl groups is 1. The van der Waals surface area contributed by atoms with E-state index < -0.39 is 0 Å². The van der Waals surface area contributed by atoms with Crippen molar-refractivity contribution in [2.75, 3.05) is 4.90 Å². The van der Waals surface area contributed by atoms with Crippen molar-refractivity contribution in [3.8, 4) is 5.75 Å². The van der Waals surface area contributed by atoms with E-state index in [0.29, 0.717) is 17.7 Å². The molecule has 0 aliphatic carbocycles. The molecule has 1 fully saturated rings. The van der Waals surface area contributed by atoms with Crippen LogP contribution in [0.1, 0.15) is 37.4 Å². The molecule has 0 aromatic heterocycles. The predicted octanol–water partition coefficient (Wildman–Crippen LogP) is 5.19. The lowest BCUT2D eigenvalue weighted by molar-refractivity contribution is 0.358. The van der Waals surface area contributed by atoms with E-state index in [1.165, 1.54) is 22.5 Å². The SMILES string of the molecule is CC=C1C(CC)C(c2ccc(O)cc2)N1c1ccc(C)cc1. The van der Waals surface area contributed by atoms with Gasteiger partial charge in [0.15, 0.2) is 0 Å². The van der Waals surface area contributed by atoms with Gasteiger partial charge in [-0.1, -0.05) is 42.8 Å². The Morgan fingerprint density at radius 1 is 1.05 bits per heavy atom. The summed E-state index contributed by atoms with van der Waals surface area (Å²) >= 11 is 0. The second kappa shape index (κ2) is 5.88. The van der Waals surface area contributed by atoms with Gasteiger partial charge in [0.2, 0.25) is 0 Å². The Kier molecular flexibility index (Phi) is 3.93. The molecule has 2 aromatic carbocycles. The Hall–Kier alpha value is -2.22. The maximum atomic E-state index is 9.54. The zero-order chi connectivity index (χ0) is 15.7. The van der Waals surface area contributed by atoms with Crippen LogP contribution in [-0.4, -0.2) is 5.11 Å². The number of hydrogen-bond donors (Lipinski definition) is 1. The van der Waals surface area contributed by atoms with E-state index in [9.17, 15) is 5.11 Å². The zero-order valence-corrected chi connectivity index (χ0v) is 13.5. The standard InChI is InChI=1S/C20H23NO/c1-4-18-19(5-2)21(16-10-6-14(3)7-11-16)20(18)15-8-12-17(22)13-9-15/h5-13,18,20,22H,4H2,1-3H3. The molecule has 0 spiro atoms. The second-order valence-corrected chi connectivity index (χ2v) is 5.97. The minimum Gasteiger partial charge on any atom is -0.508 e. The van der Waals surface area contributed by atoms with E-state index >= 15 is 0 Å². The maximum Gasteiger partial charge on any atom is 0.115 e. The van der Waals surface area contributed by atoms with Crippen LogP contribution in [0, 0.1) is 12.8 Å². The Morgan fingerprint density at radius 2 is 1.68 bits per heavy atom. The molecule has 0 saturated carbocycles. The molecule has 2 aromatic rings. The quantitative estimate of drug-likeness (QED) is 0.841. The van der Waals surface area contributed by atoms with Crippen LogP contribution in [0.4, 0.5) is 5.69 Å². The third-order valence-corrected chi connectivity index (χ3v) is 4.60. The molecule has 1 aliphatic rings. The number of phenolic OH excluding ortho intramolecular Hbond substituents is 1. The number of benzene rings is 2. The second-order valence-electron chi connectivity index (χ2n) is 5.97. The van der Waals surface area contributed by atoms with Gasteiger partial charge in [0.05, 0.1) is 6.04 Å². The van der Waals surface area contributed by atoms with Gasteiger partial charge < -0.3 is 10.0 Å². The molecule has 114 valence electrons. The van der Waals surface area contributed by atoms with Gasteiger partial charge in [-0.25, -0.2) is 0 Å². The summed E-state index contributed by atoms with van der Waals surface area (Å²) < 4.78 is 0. The highest BCUT2D eigenvalue weighted by atomic mass is 16.3. The van der Waals surface area contributed by atoms with Crippen LogP contribution in [0.25, 0.3) is 0 Å². The van der Waals surface area contributed by atoms with Crippen LogP contribution in [0.15, 0.2) is 60.3 Å². The number of nitrogens with zero attached hydrogens (tertiary/aromatic N) is 1. The van der Waals surface area contributed by atoms with Crippen LogP contribution in [0.2, 0.25) is 0 Å². The first-order valence-electron chi connectivity index (χ1n) is 7.96. The molecule has 2 unspecified atom stereocenters. The van der Waals surface area contributed by atoms with Gasteiger partial charge in [-0.05, 0) is 50.1 Å². The molecule has 2 atom stereocenters. The summed E-state index contributed by atoms with van der Waals surface area (Å²) in [4.78, 5) is 2.42. The van der Waals surface area contributed by atoms with E-state index in [0.717, 1.165) is 6.42 Å². The van der Waals surface area contributed by atoms with E-state index in [-0.39, 0.29) is 0 Å². The van der Waals surface area contributed by atoms with Gasteiger partial charge in [0.25, 0.3) is 0 Å². The summed E-state index contributed by atoms with van der Waals surface area (Å²) in [5.41, 5.74) is 5.17. The number of anilines is 1. The molecular weight excluding hydrogens is 270 g/mol. The first kappa shape index (κ1) is 14.7. The molecule has 2 nitrogen and oxygen atoms in total. The third-order valence-electron chi connectivity index (χ3n) is 4.60. The highest BCUT2D eigenvalue weighted by Crippen LogP contribution is 2.51. The van der Waals surface area contributed by atoms with Gasteiger partial charge in [0, 0.05) is 17.3 Å². The first-order chi connectivity index (χ1) is 10.7. The fraction of sp³-hybridized carbons (Fsp3) is 0.300. The number of rotatable bonds is 3. The normalized spacial score (nSPS) is 22.7. The van der Waals surface area contributed by atoms with Crippen LogP contribution >= 0.6 is 0 Å². The van der Waals surface area contributed by atoms with Crippen molar-refractivity contribution < 1.29 is 5.11 Å². The van der Waals surface area contributed by atoms with Crippen LogP contribution in [-0.2, 0) is 0 Å². The summed E-state index contributed by atoms with van der Waals surface area (Å²) in [7, 11) is 0. The lowest BCUT2D eigenvalue weighted by Gasteiger charge is -2.52. The van der Waals surface area contributed by atoms with Gasteiger partial charge in [-0.3, -0.25) is 0 Å². The molecule has 1 saturated heterocycles. The summed E-state index contributed by atoms with van der Waals surface area (Å²) in [6, 6.07) is 16.7. The van der Waals surface area contributed by atoms with Crippen LogP contribution < -0.4 is 4.90 Å². The largest absolute Gasteiger partial charge is 0.508 e. The van der Waals surface area contributed by atoms with Crippen LogP contribution in [0.5, 0.6) is 5.75 Å². The van der Waals surface area contributed by atoms with Crippen LogP contribution in [0.3, 0.4) is 0 Å². The summed E-state index contributed by atoms with van der Waals surface area (Å²) in [6.45, 7) is 6.48. The van der Waals surface area contributed by atoms with Crippen molar-refractivity contribution in [3.05, 3.63) is 71.4 Å². The molecule has 0 amide bonds. The highest BCUT2D eigenvalue weighted by Gasteiger charge is 2.43. The van der Waals surface area contributed by atoms with Gasteiger partial charge in [-0.2, -0.15) is 0 Å².